The molecule has 0 amide bonds. The molecule has 0 saturated carbocycles. The summed E-state index contributed by atoms with van der Waals surface area (Å²) in [5.41, 5.74) is 1.79. The second-order valence-corrected chi connectivity index (χ2v) is 6.85. The molecule has 0 atom stereocenters. The van der Waals surface area contributed by atoms with Crippen LogP contribution in [0, 0.1) is 17.0 Å². The molecule has 2 aromatic heterocycles. The number of aryl methyl sites for hydroxylation is 1. The first-order valence-corrected chi connectivity index (χ1v) is 8.90. The van der Waals surface area contributed by atoms with E-state index < -0.39 is 4.92 Å². The number of thiazole rings is 1. The standard InChI is InChI=1S/C16H16N6O3S/c1-10-3-2-4-11-12(10)19-16(26-11)20-14-13(22(23)24)15(18-9-17-14)21-5-7-25-8-6-21/h2-4,9H,5-8H2,1H3,(H,17,18,19,20). The third-order valence-corrected chi connectivity index (χ3v) is 5.08. The van der Waals surface area contributed by atoms with Gasteiger partial charge in [-0.2, -0.15) is 0 Å². The number of nitrogens with one attached hydrogen (secondary N) is 1. The van der Waals surface area contributed by atoms with Crippen LogP contribution in [-0.4, -0.2) is 46.2 Å². The molecular weight excluding hydrogens is 356 g/mol. The Kier molecular flexibility index (Phi) is 4.35. The van der Waals surface area contributed by atoms with Gasteiger partial charge in [-0.25, -0.2) is 15.0 Å². The van der Waals surface area contributed by atoms with Gasteiger partial charge in [0.25, 0.3) is 0 Å². The van der Waals surface area contributed by atoms with Crippen LogP contribution in [0.1, 0.15) is 5.56 Å². The molecule has 1 aliphatic heterocycles. The average molecular weight is 372 g/mol. The highest BCUT2D eigenvalue weighted by Gasteiger charge is 2.28. The fourth-order valence-electron chi connectivity index (χ4n) is 2.88. The lowest BCUT2D eigenvalue weighted by Crippen LogP contribution is -2.37. The van der Waals surface area contributed by atoms with E-state index in [1.54, 1.807) is 0 Å². The number of rotatable bonds is 4. The number of fused-ring (bicyclic) bond motifs is 1. The normalized spacial score (nSPS) is 14.6. The van der Waals surface area contributed by atoms with Crippen molar-refractivity contribution in [1.82, 2.24) is 15.0 Å². The van der Waals surface area contributed by atoms with Crippen molar-refractivity contribution in [2.45, 2.75) is 6.92 Å². The molecule has 1 N–H and O–H groups in total. The molecule has 0 spiro atoms. The van der Waals surface area contributed by atoms with Crippen LogP contribution in [-0.2, 0) is 4.74 Å². The summed E-state index contributed by atoms with van der Waals surface area (Å²) in [4.78, 5) is 25.9. The van der Waals surface area contributed by atoms with Crippen LogP contribution in [0.2, 0.25) is 0 Å². The number of hydrogen-bond donors (Lipinski definition) is 1. The van der Waals surface area contributed by atoms with E-state index in [9.17, 15) is 10.1 Å². The average Bonchev–Trinajstić information content (AvgIpc) is 3.06. The Bertz CT molecular complexity index is 970. The van der Waals surface area contributed by atoms with Crippen LogP contribution >= 0.6 is 11.3 Å². The highest BCUT2D eigenvalue weighted by Crippen LogP contribution is 2.36. The summed E-state index contributed by atoms with van der Waals surface area (Å²) in [7, 11) is 0. The molecular formula is C16H16N6O3S. The maximum atomic E-state index is 11.7. The molecule has 0 aliphatic carbocycles. The number of para-hydroxylation sites is 1. The van der Waals surface area contributed by atoms with Crippen molar-refractivity contribution in [2.75, 3.05) is 36.5 Å². The topological polar surface area (TPSA) is 106 Å². The second kappa shape index (κ2) is 6.81. The van der Waals surface area contributed by atoms with Gasteiger partial charge in [0, 0.05) is 13.1 Å². The lowest BCUT2D eigenvalue weighted by molar-refractivity contribution is -0.383. The quantitative estimate of drug-likeness (QED) is 0.550. The first-order valence-electron chi connectivity index (χ1n) is 8.09. The second-order valence-electron chi connectivity index (χ2n) is 5.82. The Labute approximate surface area is 152 Å². The molecule has 1 saturated heterocycles. The van der Waals surface area contributed by atoms with Crippen LogP contribution in [0.3, 0.4) is 0 Å². The molecule has 9 nitrogen and oxygen atoms in total. The number of aromatic nitrogens is 3. The van der Waals surface area contributed by atoms with Crippen molar-refractivity contribution in [3.8, 4) is 0 Å². The predicted molar refractivity (Wildman–Crippen MR) is 99.4 cm³/mol. The summed E-state index contributed by atoms with van der Waals surface area (Å²) >= 11 is 1.43. The van der Waals surface area contributed by atoms with Gasteiger partial charge in [0.05, 0.1) is 28.4 Å². The zero-order valence-electron chi connectivity index (χ0n) is 14.0. The van der Waals surface area contributed by atoms with Crippen molar-refractivity contribution < 1.29 is 9.66 Å². The fourth-order valence-corrected chi connectivity index (χ4v) is 3.82. The minimum absolute atomic E-state index is 0.142. The lowest BCUT2D eigenvalue weighted by atomic mass is 10.2. The molecule has 10 heteroatoms. The summed E-state index contributed by atoms with van der Waals surface area (Å²) in [6, 6.07) is 5.91. The van der Waals surface area contributed by atoms with E-state index in [2.05, 4.69) is 20.3 Å². The first kappa shape index (κ1) is 16.6. The number of morpholine rings is 1. The smallest absolute Gasteiger partial charge is 0.353 e. The SMILES string of the molecule is Cc1cccc2sc(Nc3ncnc(N4CCOCC4)c3[N+](=O)[O-])nc12. The Balaban J connectivity index is 1.73. The maximum Gasteiger partial charge on any atom is 0.353 e. The van der Waals surface area contributed by atoms with E-state index >= 15 is 0 Å². The number of ether oxygens (including phenoxy) is 1. The van der Waals surface area contributed by atoms with Gasteiger partial charge in [0.15, 0.2) is 5.13 Å². The summed E-state index contributed by atoms with van der Waals surface area (Å²) in [6.07, 6.45) is 1.33. The molecule has 1 fully saturated rings. The number of nitrogens with zero attached hydrogens (tertiary/aromatic N) is 5. The molecule has 134 valence electrons. The predicted octanol–water partition coefficient (Wildman–Crippen LogP) is 2.88. The van der Waals surface area contributed by atoms with E-state index in [-0.39, 0.29) is 11.5 Å². The van der Waals surface area contributed by atoms with Crippen LogP contribution in [0.25, 0.3) is 10.2 Å². The molecule has 0 unspecified atom stereocenters. The largest absolute Gasteiger partial charge is 0.378 e. The van der Waals surface area contributed by atoms with Gasteiger partial charge in [-0.15, -0.1) is 0 Å². The Morgan fingerprint density at radius 3 is 2.85 bits per heavy atom. The number of hydrogen-bond acceptors (Lipinski definition) is 9. The molecule has 1 aliphatic rings. The third kappa shape index (κ3) is 3.04. The molecule has 4 rings (SSSR count). The summed E-state index contributed by atoms with van der Waals surface area (Å²) in [5, 5.41) is 15.3. The maximum absolute atomic E-state index is 11.7. The molecule has 3 heterocycles. The zero-order chi connectivity index (χ0) is 18.1. The third-order valence-electron chi connectivity index (χ3n) is 4.14. The van der Waals surface area contributed by atoms with Gasteiger partial charge >= 0.3 is 5.69 Å². The van der Waals surface area contributed by atoms with E-state index in [4.69, 9.17) is 4.74 Å². The highest BCUT2D eigenvalue weighted by molar-refractivity contribution is 7.22. The van der Waals surface area contributed by atoms with Gasteiger partial charge in [-0.05, 0) is 18.6 Å². The van der Waals surface area contributed by atoms with Crippen molar-refractivity contribution in [1.29, 1.82) is 0 Å². The van der Waals surface area contributed by atoms with Crippen LogP contribution in [0.5, 0.6) is 0 Å². The number of nitro groups is 1. The summed E-state index contributed by atoms with van der Waals surface area (Å²) in [5.74, 6) is 0.441. The minimum Gasteiger partial charge on any atom is -0.378 e. The van der Waals surface area contributed by atoms with E-state index in [0.717, 1.165) is 15.8 Å². The van der Waals surface area contributed by atoms with Crippen LogP contribution in [0.4, 0.5) is 22.5 Å². The molecule has 3 aromatic rings. The van der Waals surface area contributed by atoms with E-state index in [0.29, 0.717) is 37.3 Å². The van der Waals surface area contributed by atoms with Crippen molar-refractivity contribution in [3.63, 3.8) is 0 Å². The van der Waals surface area contributed by atoms with E-state index in [1.807, 2.05) is 30.0 Å². The van der Waals surface area contributed by atoms with Gasteiger partial charge in [-0.3, -0.25) is 10.1 Å². The van der Waals surface area contributed by atoms with Crippen LogP contribution < -0.4 is 10.2 Å². The lowest BCUT2D eigenvalue weighted by Gasteiger charge is -2.27. The molecule has 1 aromatic carbocycles. The summed E-state index contributed by atoms with van der Waals surface area (Å²) < 4.78 is 6.33. The number of benzene rings is 1. The minimum atomic E-state index is -0.453. The monoisotopic (exact) mass is 372 g/mol. The van der Waals surface area contributed by atoms with Gasteiger partial charge < -0.3 is 15.0 Å². The van der Waals surface area contributed by atoms with Gasteiger partial charge in [0.1, 0.15) is 6.33 Å². The van der Waals surface area contributed by atoms with E-state index in [1.165, 1.54) is 17.7 Å². The molecule has 0 bridgehead atoms. The van der Waals surface area contributed by atoms with Gasteiger partial charge in [-0.1, -0.05) is 23.5 Å². The summed E-state index contributed by atoms with van der Waals surface area (Å²) in [6.45, 7) is 4.12. The van der Waals surface area contributed by atoms with Crippen molar-refractivity contribution in [3.05, 3.63) is 40.2 Å². The Hall–Kier alpha value is -2.85. The fraction of sp³-hybridized carbons (Fsp3) is 0.312. The van der Waals surface area contributed by atoms with Crippen molar-refractivity contribution >= 4 is 44.0 Å². The molecule has 0 radical (unpaired) electrons. The van der Waals surface area contributed by atoms with Gasteiger partial charge in [0.2, 0.25) is 11.6 Å². The highest BCUT2D eigenvalue weighted by atomic mass is 32.1. The number of anilines is 3. The molecule has 26 heavy (non-hydrogen) atoms. The Morgan fingerprint density at radius 1 is 1.31 bits per heavy atom. The zero-order valence-corrected chi connectivity index (χ0v) is 14.8. The van der Waals surface area contributed by atoms with Crippen LogP contribution in [0.15, 0.2) is 24.5 Å². The Morgan fingerprint density at radius 2 is 2.12 bits per heavy atom. The first-order chi connectivity index (χ1) is 12.6. The van der Waals surface area contributed by atoms with Crippen molar-refractivity contribution in [2.24, 2.45) is 0 Å².